The van der Waals surface area contributed by atoms with Crippen molar-refractivity contribution in [3.8, 4) is 5.75 Å². The number of benzene rings is 1. The van der Waals surface area contributed by atoms with E-state index in [-0.39, 0.29) is 18.3 Å². The molecule has 1 N–H and O–H groups in total. The van der Waals surface area contributed by atoms with Crippen LogP contribution >= 0.6 is 0 Å². The van der Waals surface area contributed by atoms with Crippen molar-refractivity contribution in [3.63, 3.8) is 0 Å². The minimum Gasteiger partial charge on any atom is -0.497 e. The van der Waals surface area contributed by atoms with Gasteiger partial charge in [0.15, 0.2) is 0 Å². The number of carbonyl (C=O) groups excluding carboxylic acids is 2. The van der Waals surface area contributed by atoms with Crippen LogP contribution < -0.4 is 10.1 Å². The van der Waals surface area contributed by atoms with Crippen LogP contribution in [0.5, 0.6) is 5.75 Å². The summed E-state index contributed by atoms with van der Waals surface area (Å²) < 4.78 is 16.5. The Morgan fingerprint density at radius 3 is 2.88 bits per heavy atom. The molecule has 0 bridgehead atoms. The average molecular weight is 333 g/mol. The molecule has 1 aromatic rings. The highest BCUT2D eigenvalue weighted by molar-refractivity contribution is 5.97. The first-order chi connectivity index (χ1) is 11.3. The topological polar surface area (TPSA) is 73.9 Å². The fourth-order valence-electron chi connectivity index (χ4n) is 3.70. The predicted molar refractivity (Wildman–Crippen MR) is 87.8 cm³/mol. The molecule has 2 aliphatic rings. The number of carbonyl (C=O) groups is 2. The lowest BCUT2D eigenvalue weighted by atomic mass is 9.75. The number of hydrogen-bond donors (Lipinski definition) is 1. The quantitative estimate of drug-likeness (QED) is 0.861. The number of ether oxygens (including phenoxy) is 3. The molecule has 0 radical (unpaired) electrons. The molecule has 2 heterocycles. The third kappa shape index (κ3) is 3.24. The minimum absolute atomic E-state index is 0.103. The van der Waals surface area contributed by atoms with E-state index >= 15 is 0 Å². The summed E-state index contributed by atoms with van der Waals surface area (Å²) in [7, 11) is 1.57. The van der Waals surface area contributed by atoms with E-state index in [2.05, 4.69) is 5.32 Å². The summed E-state index contributed by atoms with van der Waals surface area (Å²) in [5, 5.41) is 2.89. The van der Waals surface area contributed by atoms with Crippen LogP contribution in [0.1, 0.15) is 33.1 Å². The highest BCUT2D eigenvalue weighted by atomic mass is 16.6. The maximum Gasteiger partial charge on any atom is 0.307 e. The van der Waals surface area contributed by atoms with Crippen LogP contribution in [-0.4, -0.2) is 36.8 Å². The second kappa shape index (κ2) is 6.09. The van der Waals surface area contributed by atoms with Crippen molar-refractivity contribution in [2.75, 3.05) is 19.0 Å². The number of amides is 1. The van der Waals surface area contributed by atoms with E-state index in [0.29, 0.717) is 30.9 Å². The van der Waals surface area contributed by atoms with Crippen molar-refractivity contribution >= 4 is 17.6 Å². The molecule has 2 fully saturated rings. The van der Waals surface area contributed by atoms with Gasteiger partial charge < -0.3 is 19.5 Å². The maximum atomic E-state index is 12.8. The van der Waals surface area contributed by atoms with Crippen molar-refractivity contribution in [3.05, 3.63) is 24.3 Å². The molecule has 6 heteroatoms. The van der Waals surface area contributed by atoms with E-state index in [9.17, 15) is 9.59 Å². The second-order valence-electron chi connectivity index (χ2n) is 7.05. The van der Waals surface area contributed by atoms with Gasteiger partial charge in [0.05, 0.1) is 31.7 Å². The number of esters is 1. The van der Waals surface area contributed by atoms with Crippen LogP contribution in [0.25, 0.3) is 0 Å². The zero-order valence-electron chi connectivity index (χ0n) is 14.3. The fraction of sp³-hybridized carbons (Fsp3) is 0.556. The Labute approximate surface area is 141 Å². The van der Waals surface area contributed by atoms with Crippen molar-refractivity contribution in [2.24, 2.45) is 5.92 Å². The van der Waals surface area contributed by atoms with Crippen molar-refractivity contribution in [1.29, 1.82) is 0 Å². The first-order valence-electron chi connectivity index (χ1n) is 8.14. The largest absolute Gasteiger partial charge is 0.497 e. The standard InChI is InChI=1S/C18H23NO5/c1-17(2)11-18(7-8-23-17)14(10-15(20)24-18)16(21)19-12-5-4-6-13(9-12)22-3/h4-6,9,14H,7-8,10-11H2,1-3H3,(H,19,21)/t14-,18+/m0/s1. The van der Waals surface area contributed by atoms with E-state index in [0.717, 1.165) is 0 Å². The molecule has 1 spiro atoms. The van der Waals surface area contributed by atoms with E-state index in [1.165, 1.54) is 0 Å². The predicted octanol–water partition coefficient (Wildman–Crippen LogP) is 2.52. The molecular weight excluding hydrogens is 310 g/mol. The first kappa shape index (κ1) is 16.8. The Kier molecular flexibility index (Phi) is 4.25. The van der Waals surface area contributed by atoms with Crippen LogP contribution in [0, 0.1) is 5.92 Å². The summed E-state index contributed by atoms with van der Waals surface area (Å²) in [5.41, 5.74) is -0.556. The molecule has 6 nitrogen and oxygen atoms in total. The Bertz CT molecular complexity index is 657. The molecule has 130 valence electrons. The molecule has 0 saturated carbocycles. The highest BCUT2D eigenvalue weighted by Crippen LogP contribution is 2.46. The van der Waals surface area contributed by atoms with Gasteiger partial charge in [0, 0.05) is 24.6 Å². The van der Waals surface area contributed by atoms with Crippen LogP contribution in [0.4, 0.5) is 5.69 Å². The molecule has 1 aromatic carbocycles. The summed E-state index contributed by atoms with van der Waals surface area (Å²) in [6.45, 7) is 4.39. The lowest BCUT2D eigenvalue weighted by Gasteiger charge is -2.43. The van der Waals surface area contributed by atoms with E-state index in [4.69, 9.17) is 14.2 Å². The van der Waals surface area contributed by atoms with Crippen LogP contribution in [-0.2, 0) is 19.1 Å². The van der Waals surface area contributed by atoms with E-state index < -0.39 is 17.1 Å². The average Bonchev–Trinajstić information content (AvgIpc) is 2.81. The molecule has 24 heavy (non-hydrogen) atoms. The summed E-state index contributed by atoms with van der Waals surface area (Å²) in [6, 6.07) is 7.15. The van der Waals surface area contributed by atoms with Gasteiger partial charge >= 0.3 is 5.97 Å². The lowest BCUT2D eigenvalue weighted by Crippen LogP contribution is -2.52. The van der Waals surface area contributed by atoms with Gasteiger partial charge in [0.25, 0.3) is 0 Å². The van der Waals surface area contributed by atoms with Gasteiger partial charge in [0.2, 0.25) is 5.91 Å². The smallest absolute Gasteiger partial charge is 0.307 e. The molecule has 0 aliphatic carbocycles. The zero-order valence-corrected chi connectivity index (χ0v) is 14.3. The SMILES string of the molecule is COc1cccc(NC(=O)[C@@H]2CC(=O)O[C@@]23CCOC(C)(C)C3)c1. The zero-order chi connectivity index (χ0) is 17.4. The van der Waals surface area contributed by atoms with Gasteiger partial charge in [-0.05, 0) is 26.0 Å². The molecule has 0 unspecified atom stereocenters. The Morgan fingerprint density at radius 1 is 1.38 bits per heavy atom. The number of rotatable bonds is 3. The summed E-state index contributed by atoms with van der Waals surface area (Å²) >= 11 is 0. The number of nitrogens with one attached hydrogen (secondary N) is 1. The Hall–Kier alpha value is -2.08. The van der Waals surface area contributed by atoms with Gasteiger partial charge in [-0.25, -0.2) is 0 Å². The Morgan fingerprint density at radius 2 is 2.17 bits per heavy atom. The third-order valence-electron chi connectivity index (χ3n) is 4.72. The molecule has 0 aromatic heterocycles. The molecule has 1 amide bonds. The number of anilines is 1. The van der Waals surface area contributed by atoms with Crippen LogP contribution in [0.3, 0.4) is 0 Å². The van der Waals surface area contributed by atoms with E-state index in [1.54, 1.807) is 31.4 Å². The van der Waals surface area contributed by atoms with Crippen LogP contribution in [0.15, 0.2) is 24.3 Å². The van der Waals surface area contributed by atoms with Gasteiger partial charge in [-0.15, -0.1) is 0 Å². The first-order valence-corrected chi connectivity index (χ1v) is 8.14. The van der Waals surface area contributed by atoms with Crippen molar-refractivity contribution < 1.29 is 23.8 Å². The number of methoxy groups -OCH3 is 1. The molecule has 2 aliphatic heterocycles. The minimum atomic E-state index is -0.776. The van der Waals surface area contributed by atoms with Crippen molar-refractivity contribution in [1.82, 2.24) is 0 Å². The molecule has 2 atom stereocenters. The maximum absolute atomic E-state index is 12.8. The third-order valence-corrected chi connectivity index (χ3v) is 4.72. The molecule has 3 rings (SSSR count). The van der Waals surface area contributed by atoms with Crippen molar-refractivity contribution in [2.45, 2.75) is 44.3 Å². The van der Waals surface area contributed by atoms with Gasteiger partial charge in [0.1, 0.15) is 11.4 Å². The molecular formula is C18H23NO5. The Balaban J connectivity index is 1.80. The monoisotopic (exact) mass is 333 g/mol. The van der Waals surface area contributed by atoms with Gasteiger partial charge in [-0.2, -0.15) is 0 Å². The fourth-order valence-corrected chi connectivity index (χ4v) is 3.70. The lowest BCUT2D eigenvalue weighted by molar-refractivity contribution is -0.178. The second-order valence-corrected chi connectivity index (χ2v) is 7.05. The van der Waals surface area contributed by atoms with E-state index in [1.807, 2.05) is 13.8 Å². The number of hydrogen-bond acceptors (Lipinski definition) is 5. The summed E-state index contributed by atoms with van der Waals surface area (Å²) in [6.07, 6.45) is 1.16. The summed E-state index contributed by atoms with van der Waals surface area (Å²) in [4.78, 5) is 24.8. The van der Waals surface area contributed by atoms with Crippen LogP contribution in [0.2, 0.25) is 0 Å². The summed E-state index contributed by atoms with van der Waals surface area (Å²) in [5.74, 6) is -0.377. The van der Waals surface area contributed by atoms with Gasteiger partial charge in [-0.1, -0.05) is 6.07 Å². The molecule has 2 saturated heterocycles. The highest BCUT2D eigenvalue weighted by Gasteiger charge is 2.56. The van der Waals surface area contributed by atoms with Gasteiger partial charge in [-0.3, -0.25) is 9.59 Å². The normalized spacial score (nSPS) is 28.5.